The van der Waals surface area contributed by atoms with Crippen molar-refractivity contribution >= 4 is 82.8 Å². The van der Waals surface area contributed by atoms with E-state index in [9.17, 15) is 70.9 Å². The fourth-order valence-electron chi connectivity index (χ4n) is 5.31. The number of phenols is 2. The molecule has 0 fully saturated rings. The Hall–Kier alpha value is -8.07. The van der Waals surface area contributed by atoms with Crippen molar-refractivity contribution in [2.24, 2.45) is 30.7 Å². The predicted molar refractivity (Wildman–Crippen MR) is 199 cm³/mol. The molecule has 0 amide bonds. The van der Waals surface area contributed by atoms with Gasteiger partial charge in [0.2, 0.25) is 0 Å². The quantitative estimate of drug-likeness (QED) is 0.0289. The first-order valence-corrected chi connectivity index (χ1v) is 18.7. The fraction of sp³-hybridized carbons (Fsp3) is 0. The minimum Gasteiger partial charge on any atom is -0.505 e. The lowest BCUT2D eigenvalue weighted by atomic mass is 10.1. The van der Waals surface area contributed by atoms with Gasteiger partial charge < -0.3 is 20.4 Å². The number of fused-ring (bicyclic) bond motifs is 1. The number of hydrogen-bond acceptors (Lipinski definition) is 17. The van der Waals surface area contributed by atoms with Crippen LogP contribution in [0.25, 0.3) is 16.5 Å². The van der Waals surface area contributed by atoms with Crippen LogP contribution in [0.1, 0.15) is 20.8 Å². The first-order valence-electron chi connectivity index (χ1n) is 15.8. The summed E-state index contributed by atoms with van der Waals surface area (Å²) in [5, 5.41) is 76.2. The second kappa shape index (κ2) is 15.5. The Balaban J connectivity index is 1.39. The summed E-state index contributed by atoms with van der Waals surface area (Å²) in [5.74, 6) is -5.31. The molecule has 0 spiro atoms. The number of nitro groups is 1. The number of rotatable bonds is 12. The Morgan fingerprint density at radius 3 is 1.88 bits per heavy atom. The van der Waals surface area contributed by atoms with Gasteiger partial charge in [0.15, 0.2) is 22.9 Å². The molecule has 0 aliphatic rings. The van der Waals surface area contributed by atoms with Gasteiger partial charge >= 0.3 is 11.9 Å². The normalized spacial score (nSPS) is 12.2. The summed E-state index contributed by atoms with van der Waals surface area (Å²) in [6.45, 7) is 0. The lowest BCUT2D eigenvalue weighted by molar-refractivity contribution is -0.385. The van der Waals surface area contributed by atoms with Crippen LogP contribution in [0.15, 0.2) is 130 Å². The van der Waals surface area contributed by atoms with Gasteiger partial charge in [-0.15, -0.1) is 20.5 Å². The molecule has 0 aliphatic carbocycles. The molecule has 6 rings (SSSR count). The van der Waals surface area contributed by atoms with Gasteiger partial charge in [-0.3, -0.25) is 29.1 Å². The van der Waals surface area contributed by atoms with Crippen LogP contribution in [0.2, 0.25) is 0 Å². The zero-order valence-electron chi connectivity index (χ0n) is 28.8. The number of carboxylic acid groups (broad SMARTS) is 2. The van der Waals surface area contributed by atoms with Crippen LogP contribution >= 0.6 is 0 Å². The predicted octanol–water partition coefficient (Wildman–Crippen LogP) is 6.77. The minimum atomic E-state index is -5.18. The van der Waals surface area contributed by atoms with Crippen LogP contribution < -0.4 is 5.56 Å². The third kappa shape index (κ3) is 8.25. The van der Waals surface area contributed by atoms with E-state index in [1.54, 1.807) is 18.2 Å². The number of aromatic carboxylic acids is 2. The van der Waals surface area contributed by atoms with Crippen LogP contribution in [0.5, 0.6) is 11.5 Å². The molecule has 6 aromatic rings. The van der Waals surface area contributed by atoms with Gasteiger partial charge in [-0.05, 0) is 60.0 Å². The van der Waals surface area contributed by atoms with Crippen LogP contribution in [0.4, 0.5) is 39.8 Å². The van der Waals surface area contributed by atoms with Gasteiger partial charge in [0.25, 0.3) is 31.5 Å². The van der Waals surface area contributed by atoms with Crippen molar-refractivity contribution in [3.05, 3.63) is 117 Å². The van der Waals surface area contributed by atoms with E-state index >= 15 is 0 Å². The van der Waals surface area contributed by atoms with Gasteiger partial charge in [0.05, 0.1) is 27.4 Å². The number of aromatic nitrogens is 2. The average molecular weight is 848 g/mol. The van der Waals surface area contributed by atoms with E-state index < -0.39 is 109 Å². The number of aromatic hydroxyl groups is 2. The number of para-hydroxylation sites is 1. The van der Waals surface area contributed by atoms with E-state index in [-0.39, 0.29) is 22.4 Å². The lowest BCUT2D eigenvalue weighted by Gasteiger charge is -2.11. The number of azo groups is 3. The summed E-state index contributed by atoms with van der Waals surface area (Å²) in [6.07, 6.45) is 0. The van der Waals surface area contributed by atoms with Crippen LogP contribution in [-0.4, -0.2) is 73.0 Å². The Kier molecular flexibility index (Phi) is 10.6. The zero-order chi connectivity index (χ0) is 43.0. The molecule has 26 heteroatoms. The highest BCUT2D eigenvalue weighted by molar-refractivity contribution is 7.86. The molecule has 0 radical (unpaired) electrons. The van der Waals surface area contributed by atoms with E-state index in [2.05, 4.69) is 35.8 Å². The first-order chi connectivity index (χ1) is 27.8. The summed E-state index contributed by atoms with van der Waals surface area (Å²) in [4.78, 5) is 44.7. The number of aromatic amines is 1. The molecule has 0 aliphatic heterocycles. The molecule has 0 atom stereocenters. The first kappa shape index (κ1) is 40.6. The molecule has 1 heterocycles. The molecule has 59 heavy (non-hydrogen) atoms. The molecule has 7 N–H and O–H groups in total. The van der Waals surface area contributed by atoms with Gasteiger partial charge in [-0.1, -0.05) is 24.3 Å². The number of carbonyl (C=O) groups is 2. The molecule has 0 saturated heterocycles. The molecule has 1 aromatic heterocycles. The summed E-state index contributed by atoms with van der Waals surface area (Å²) in [6, 6.07) is 16.0. The molecular formula is C33H21N9O15S2. The third-order valence-electron chi connectivity index (χ3n) is 7.97. The molecule has 0 saturated carbocycles. The summed E-state index contributed by atoms with van der Waals surface area (Å²) < 4.78 is 70.0. The highest BCUT2D eigenvalue weighted by atomic mass is 32.2. The Morgan fingerprint density at radius 2 is 1.27 bits per heavy atom. The maximum Gasteiger partial charge on any atom is 0.356 e. The maximum absolute atomic E-state index is 13.0. The van der Waals surface area contributed by atoms with Crippen LogP contribution in [0.3, 0.4) is 0 Å². The van der Waals surface area contributed by atoms with Crippen molar-refractivity contribution in [3.8, 4) is 17.2 Å². The van der Waals surface area contributed by atoms with Crippen LogP contribution in [0, 0.1) is 10.1 Å². The van der Waals surface area contributed by atoms with E-state index in [0.29, 0.717) is 0 Å². The number of hydrogen-bond donors (Lipinski definition) is 7. The highest BCUT2D eigenvalue weighted by Crippen LogP contribution is 2.48. The number of benzene rings is 5. The minimum absolute atomic E-state index is 0.230. The van der Waals surface area contributed by atoms with E-state index in [0.717, 1.165) is 59.3 Å². The smallest absolute Gasteiger partial charge is 0.356 e. The average Bonchev–Trinajstić information content (AvgIpc) is 3.51. The number of nitro benzene ring substituents is 1. The summed E-state index contributed by atoms with van der Waals surface area (Å²) in [5.41, 5.74) is -6.29. The van der Waals surface area contributed by atoms with Gasteiger partial charge in [-0.25, -0.2) is 14.3 Å². The van der Waals surface area contributed by atoms with E-state index in [4.69, 9.17) is 0 Å². The fourth-order valence-corrected chi connectivity index (χ4v) is 6.61. The molecule has 0 bridgehead atoms. The topological polar surface area (TPSA) is 379 Å². The Bertz CT molecular complexity index is 3140. The SMILES string of the molecule is O=C(O)c1cc(N=Nc2c(S(=O)(=O)O)cc3ccc(N=Nc4ccc(N=Nc5c(C(=O)O)[nH]n(-c6ccccc6)c5=O)cc4S(=O)(=O)O)c(O)c3c2O)ccc1[N+](=O)[O-]. The van der Waals surface area contributed by atoms with Gasteiger partial charge in [0, 0.05) is 6.07 Å². The second-order valence-corrected chi connectivity index (χ2v) is 14.5. The molecule has 300 valence electrons. The lowest BCUT2D eigenvalue weighted by Crippen LogP contribution is -2.13. The third-order valence-corrected chi connectivity index (χ3v) is 9.72. The van der Waals surface area contributed by atoms with Crippen molar-refractivity contribution < 1.29 is 60.9 Å². The summed E-state index contributed by atoms with van der Waals surface area (Å²) in [7, 11) is -10.3. The van der Waals surface area contributed by atoms with Gasteiger partial charge in [-0.2, -0.15) is 27.1 Å². The Morgan fingerprint density at radius 1 is 0.678 bits per heavy atom. The standard InChI is InChI=1S/C33H21N9O15S2/c43-29-21(9-6-15-12-24(59(55,56)57)26(30(44)25(15)29)38-34-16-8-11-22(42(50)51)19(13-16)32(46)47)37-36-20-10-7-17(14-23(20)58(52,53)54)35-39-27-28(33(48)49)40-41(31(27)45)18-4-2-1-3-5-18/h1-14,40,43-44H,(H,46,47)(H,48,49)(H,52,53,54)(H,55,56,57). The highest BCUT2D eigenvalue weighted by Gasteiger charge is 2.26. The van der Waals surface area contributed by atoms with Crippen LogP contribution in [-0.2, 0) is 20.2 Å². The number of H-pyrrole nitrogens is 1. The number of nitrogens with zero attached hydrogens (tertiary/aromatic N) is 8. The van der Waals surface area contributed by atoms with Crippen molar-refractivity contribution in [1.29, 1.82) is 0 Å². The molecule has 5 aromatic carbocycles. The monoisotopic (exact) mass is 847 g/mol. The zero-order valence-corrected chi connectivity index (χ0v) is 30.5. The number of nitrogens with one attached hydrogen (secondary N) is 1. The van der Waals surface area contributed by atoms with Crippen molar-refractivity contribution in [2.75, 3.05) is 0 Å². The molecular weight excluding hydrogens is 827 g/mol. The molecule has 24 nitrogen and oxygen atoms in total. The van der Waals surface area contributed by atoms with E-state index in [1.165, 1.54) is 12.1 Å². The van der Waals surface area contributed by atoms with Gasteiger partial charge in [0.1, 0.15) is 32.4 Å². The van der Waals surface area contributed by atoms with E-state index in [1.807, 2.05) is 0 Å². The molecule has 0 unspecified atom stereocenters. The van der Waals surface area contributed by atoms with Crippen molar-refractivity contribution in [2.45, 2.75) is 9.79 Å². The number of phenolic OH excluding ortho intramolecular Hbond substituents is 2. The maximum atomic E-state index is 13.0. The van der Waals surface area contributed by atoms with Crippen molar-refractivity contribution in [1.82, 2.24) is 9.78 Å². The second-order valence-electron chi connectivity index (χ2n) is 11.7. The van der Waals surface area contributed by atoms with Crippen molar-refractivity contribution in [3.63, 3.8) is 0 Å². The summed E-state index contributed by atoms with van der Waals surface area (Å²) >= 11 is 0. The number of carboxylic acids is 2. The Labute approximate surface area is 327 Å². The largest absolute Gasteiger partial charge is 0.505 e.